The highest BCUT2D eigenvalue weighted by atomic mass is 32.1. The lowest BCUT2D eigenvalue weighted by Crippen LogP contribution is -2.23. The van der Waals surface area contributed by atoms with Gasteiger partial charge in [0.05, 0.1) is 15.1 Å². The van der Waals surface area contributed by atoms with E-state index in [-0.39, 0.29) is 11.5 Å². The van der Waals surface area contributed by atoms with Crippen LogP contribution in [0.3, 0.4) is 0 Å². The van der Waals surface area contributed by atoms with Gasteiger partial charge in [-0.2, -0.15) is 5.10 Å². The highest BCUT2D eigenvalue weighted by molar-refractivity contribution is 7.22. The summed E-state index contributed by atoms with van der Waals surface area (Å²) in [7, 11) is 0. The first kappa shape index (κ1) is 18.5. The van der Waals surface area contributed by atoms with E-state index in [1.807, 2.05) is 36.6 Å². The Morgan fingerprint density at radius 2 is 2.11 bits per heavy atom. The van der Waals surface area contributed by atoms with E-state index >= 15 is 0 Å². The maximum atomic E-state index is 12.2. The third kappa shape index (κ3) is 4.18. The second-order valence-electron chi connectivity index (χ2n) is 6.40. The maximum absolute atomic E-state index is 12.2. The molecule has 1 amide bonds. The van der Waals surface area contributed by atoms with Crippen LogP contribution in [0.25, 0.3) is 20.8 Å². The number of thiophene rings is 1. The topological polar surface area (TPSA) is 76.9 Å². The van der Waals surface area contributed by atoms with Gasteiger partial charge in [0.15, 0.2) is 5.13 Å². The molecule has 1 N–H and O–H groups in total. The Hall–Kier alpha value is -2.84. The van der Waals surface area contributed by atoms with E-state index in [1.165, 1.54) is 22.1 Å². The number of benzene rings is 1. The highest BCUT2D eigenvalue weighted by Crippen LogP contribution is 2.26. The van der Waals surface area contributed by atoms with Crippen molar-refractivity contribution in [3.05, 3.63) is 63.8 Å². The van der Waals surface area contributed by atoms with Gasteiger partial charge < -0.3 is 5.32 Å². The fraction of sp³-hybridized carbons (Fsp3) is 0.200. The molecule has 8 heteroatoms. The van der Waals surface area contributed by atoms with Crippen LogP contribution in [0.5, 0.6) is 0 Å². The van der Waals surface area contributed by atoms with Gasteiger partial charge in [0.1, 0.15) is 5.69 Å². The number of carbonyl (C=O) groups is 1. The number of hydrogen-bond acceptors (Lipinski definition) is 6. The van der Waals surface area contributed by atoms with Crippen LogP contribution in [0.15, 0.2) is 52.6 Å². The van der Waals surface area contributed by atoms with Crippen molar-refractivity contribution in [2.24, 2.45) is 0 Å². The van der Waals surface area contributed by atoms with Crippen LogP contribution < -0.4 is 10.9 Å². The first-order valence-electron chi connectivity index (χ1n) is 8.87. The third-order valence-corrected chi connectivity index (χ3v) is 6.03. The minimum atomic E-state index is -0.165. The first-order valence-corrected chi connectivity index (χ1v) is 10.6. The number of anilines is 1. The third-order valence-electron chi connectivity index (χ3n) is 4.20. The van der Waals surface area contributed by atoms with Crippen LogP contribution in [-0.2, 0) is 11.3 Å². The lowest BCUT2D eigenvalue weighted by molar-refractivity contribution is -0.116. The van der Waals surface area contributed by atoms with Gasteiger partial charge in [-0.3, -0.25) is 9.59 Å². The van der Waals surface area contributed by atoms with Gasteiger partial charge in [0.2, 0.25) is 5.91 Å². The van der Waals surface area contributed by atoms with Gasteiger partial charge in [-0.15, -0.1) is 11.3 Å². The molecular weight excluding hydrogens is 392 g/mol. The fourth-order valence-electron chi connectivity index (χ4n) is 2.82. The predicted octanol–water partition coefficient (Wildman–Crippen LogP) is 4.31. The second kappa shape index (κ2) is 8.04. The number of nitrogens with one attached hydrogen (secondary N) is 1. The summed E-state index contributed by atoms with van der Waals surface area (Å²) in [6.45, 7) is 2.42. The molecule has 6 nitrogen and oxygen atoms in total. The van der Waals surface area contributed by atoms with E-state index in [0.29, 0.717) is 24.5 Å². The fourth-order valence-corrected chi connectivity index (χ4v) is 4.49. The van der Waals surface area contributed by atoms with E-state index in [0.717, 1.165) is 26.4 Å². The molecule has 0 bridgehead atoms. The molecule has 0 saturated heterocycles. The van der Waals surface area contributed by atoms with Crippen molar-refractivity contribution in [1.29, 1.82) is 0 Å². The van der Waals surface area contributed by atoms with Crippen LogP contribution in [-0.4, -0.2) is 20.7 Å². The molecule has 0 aliphatic carbocycles. The second-order valence-corrected chi connectivity index (χ2v) is 8.38. The summed E-state index contributed by atoms with van der Waals surface area (Å²) in [4.78, 5) is 29.7. The lowest BCUT2D eigenvalue weighted by Gasteiger charge is -2.06. The maximum Gasteiger partial charge on any atom is 0.266 e. The molecular formula is C20H18N4O2S2. The first-order chi connectivity index (χ1) is 13.6. The molecule has 1 aromatic carbocycles. The van der Waals surface area contributed by atoms with Crippen molar-refractivity contribution >= 4 is 43.9 Å². The number of amides is 1. The normalized spacial score (nSPS) is 11.0. The van der Waals surface area contributed by atoms with E-state index in [4.69, 9.17) is 0 Å². The largest absolute Gasteiger partial charge is 0.302 e. The predicted molar refractivity (Wildman–Crippen MR) is 114 cm³/mol. The molecule has 0 atom stereocenters. The monoisotopic (exact) mass is 410 g/mol. The van der Waals surface area contributed by atoms with Gasteiger partial charge in [0, 0.05) is 19.0 Å². The van der Waals surface area contributed by atoms with E-state index in [1.54, 1.807) is 17.4 Å². The van der Waals surface area contributed by atoms with Gasteiger partial charge in [-0.1, -0.05) is 23.5 Å². The van der Waals surface area contributed by atoms with Crippen molar-refractivity contribution in [3.8, 4) is 10.6 Å². The Bertz CT molecular complexity index is 1180. The summed E-state index contributed by atoms with van der Waals surface area (Å²) < 4.78 is 2.47. The zero-order valence-electron chi connectivity index (χ0n) is 15.2. The molecule has 0 aliphatic heterocycles. The lowest BCUT2D eigenvalue weighted by atomic mass is 10.2. The summed E-state index contributed by atoms with van der Waals surface area (Å²) >= 11 is 3.04. The molecule has 3 heterocycles. The molecule has 0 saturated carbocycles. The van der Waals surface area contributed by atoms with Gasteiger partial charge >= 0.3 is 0 Å². The number of thiazole rings is 1. The molecule has 3 aromatic heterocycles. The average Bonchev–Trinajstić information content (AvgIpc) is 3.32. The van der Waals surface area contributed by atoms with Crippen LogP contribution in [0.4, 0.5) is 5.13 Å². The SMILES string of the molecule is Cc1ccc2nc(NC(=O)CCCn3nc(-c4cccs4)ccc3=O)sc2c1. The summed E-state index contributed by atoms with van der Waals surface area (Å²) in [5.41, 5.74) is 2.65. The number of aryl methyl sites for hydroxylation is 2. The smallest absolute Gasteiger partial charge is 0.266 e. The Balaban J connectivity index is 1.36. The number of nitrogens with zero attached hydrogens (tertiary/aromatic N) is 3. The zero-order chi connectivity index (χ0) is 19.5. The molecule has 142 valence electrons. The molecule has 4 aromatic rings. The quantitative estimate of drug-likeness (QED) is 0.514. The van der Waals surface area contributed by atoms with Crippen molar-refractivity contribution in [1.82, 2.24) is 14.8 Å². The van der Waals surface area contributed by atoms with Gasteiger partial charge in [-0.05, 0) is 48.6 Å². The van der Waals surface area contributed by atoms with Crippen molar-refractivity contribution in [2.75, 3.05) is 5.32 Å². The molecule has 0 fully saturated rings. The van der Waals surface area contributed by atoms with Gasteiger partial charge in [-0.25, -0.2) is 9.67 Å². The van der Waals surface area contributed by atoms with Crippen LogP contribution >= 0.6 is 22.7 Å². The molecule has 0 aliphatic rings. The van der Waals surface area contributed by atoms with Gasteiger partial charge in [0.25, 0.3) is 5.56 Å². The minimum Gasteiger partial charge on any atom is -0.302 e. The average molecular weight is 411 g/mol. The number of fused-ring (bicyclic) bond motifs is 1. The summed E-state index contributed by atoms with van der Waals surface area (Å²) in [5, 5.41) is 9.82. The van der Waals surface area contributed by atoms with E-state index in [2.05, 4.69) is 21.5 Å². The number of aromatic nitrogens is 3. The summed E-state index contributed by atoms with van der Waals surface area (Å²) in [6, 6.07) is 13.2. The van der Waals surface area contributed by atoms with Crippen LogP contribution in [0.1, 0.15) is 18.4 Å². The molecule has 0 spiro atoms. The number of carbonyl (C=O) groups excluding carboxylic acids is 1. The number of hydrogen-bond donors (Lipinski definition) is 1. The molecule has 4 rings (SSSR count). The standard InChI is InChI=1S/C20H18N4O2S2/c1-13-6-7-14-17(12-13)28-20(21-14)22-18(25)5-2-10-24-19(26)9-8-15(23-24)16-4-3-11-27-16/h3-4,6-9,11-12H,2,5,10H2,1H3,(H,21,22,25). The van der Waals surface area contributed by atoms with Crippen molar-refractivity contribution < 1.29 is 4.79 Å². The van der Waals surface area contributed by atoms with E-state index in [9.17, 15) is 9.59 Å². The number of rotatable bonds is 6. The Morgan fingerprint density at radius 1 is 1.21 bits per heavy atom. The molecule has 28 heavy (non-hydrogen) atoms. The highest BCUT2D eigenvalue weighted by Gasteiger charge is 2.09. The van der Waals surface area contributed by atoms with Crippen LogP contribution in [0, 0.1) is 6.92 Å². The Kier molecular flexibility index (Phi) is 5.31. The van der Waals surface area contributed by atoms with Crippen LogP contribution in [0.2, 0.25) is 0 Å². The minimum absolute atomic E-state index is 0.113. The van der Waals surface area contributed by atoms with Crippen molar-refractivity contribution in [2.45, 2.75) is 26.3 Å². The summed E-state index contributed by atoms with van der Waals surface area (Å²) in [6.07, 6.45) is 0.822. The molecule has 0 radical (unpaired) electrons. The Labute approximate surface area is 169 Å². The zero-order valence-corrected chi connectivity index (χ0v) is 16.8. The van der Waals surface area contributed by atoms with E-state index < -0.39 is 0 Å². The van der Waals surface area contributed by atoms with Crippen molar-refractivity contribution in [3.63, 3.8) is 0 Å². The summed E-state index contributed by atoms with van der Waals surface area (Å²) in [5.74, 6) is -0.113. The molecule has 0 unspecified atom stereocenters. The Morgan fingerprint density at radius 3 is 2.93 bits per heavy atom.